The fraction of sp³-hybridized carbons (Fsp3) is 0.529. The van der Waals surface area contributed by atoms with Crippen molar-refractivity contribution in [3.8, 4) is 5.75 Å². The number of ether oxygens (including phenoxy) is 2. The lowest BCUT2D eigenvalue weighted by atomic mass is 10.1. The van der Waals surface area contributed by atoms with Gasteiger partial charge in [-0.1, -0.05) is 24.6 Å². The number of aliphatic imine (C=N–C) groups is 1. The zero-order valence-corrected chi connectivity index (χ0v) is 15.4. The molecule has 0 amide bonds. The molecule has 7 heteroatoms. The Hall–Kier alpha value is -1.95. The standard InChI is InChI=1S/C17H26ClN3O3/c1-5-19-17(21-11-12(2)16(22)24-4)20-9-8-13-6-7-14(23-3)10-15(13)18/h6-7,10,12H,5,8-9,11H2,1-4H3,(H2,19,20,21). The van der Waals surface area contributed by atoms with E-state index in [9.17, 15) is 4.79 Å². The van der Waals surface area contributed by atoms with Gasteiger partial charge in [0, 0.05) is 18.1 Å². The molecule has 24 heavy (non-hydrogen) atoms. The molecule has 0 aromatic heterocycles. The second-order valence-electron chi connectivity index (χ2n) is 5.28. The van der Waals surface area contributed by atoms with Crippen molar-refractivity contribution in [1.29, 1.82) is 0 Å². The van der Waals surface area contributed by atoms with Crippen LogP contribution in [0.2, 0.25) is 5.02 Å². The second-order valence-corrected chi connectivity index (χ2v) is 5.69. The van der Waals surface area contributed by atoms with Crippen LogP contribution < -0.4 is 15.4 Å². The zero-order chi connectivity index (χ0) is 17.9. The Morgan fingerprint density at radius 2 is 2.08 bits per heavy atom. The van der Waals surface area contributed by atoms with Gasteiger partial charge in [-0.3, -0.25) is 9.79 Å². The maximum absolute atomic E-state index is 11.4. The molecule has 0 spiro atoms. The van der Waals surface area contributed by atoms with Crippen molar-refractivity contribution in [1.82, 2.24) is 10.6 Å². The minimum atomic E-state index is -0.276. The van der Waals surface area contributed by atoms with Crippen molar-refractivity contribution in [2.45, 2.75) is 20.3 Å². The predicted octanol–water partition coefficient (Wildman–Crippen LogP) is 2.26. The molecule has 0 aliphatic rings. The summed E-state index contributed by atoms with van der Waals surface area (Å²) in [6, 6.07) is 5.64. The third kappa shape index (κ3) is 6.66. The van der Waals surface area contributed by atoms with E-state index in [0.29, 0.717) is 24.1 Å². The normalized spacial score (nSPS) is 12.5. The number of guanidine groups is 1. The van der Waals surface area contributed by atoms with Gasteiger partial charge in [0.1, 0.15) is 5.75 Å². The van der Waals surface area contributed by atoms with Crippen molar-refractivity contribution in [3.63, 3.8) is 0 Å². The van der Waals surface area contributed by atoms with Crippen LogP contribution in [0.4, 0.5) is 0 Å². The number of halogens is 1. The molecule has 2 N–H and O–H groups in total. The van der Waals surface area contributed by atoms with Crippen molar-refractivity contribution in [3.05, 3.63) is 28.8 Å². The van der Waals surface area contributed by atoms with Crippen LogP contribution in [0.15, 0.2) is 23.2 Å². The van der Waals surface area contributed by atoms with E-state index < -0.39 is 0 Å². The lowest BCUT2D eigenvalue weighted by molar-refractivity contribution is -0.144. The number of benzene rings is 1. The molecule has 134 valence electrons. The number of hydrogen-bond acceptors (Lipinski definition) is 4. The maximum atomic E-state index is 11.4. The lowest BCUT2D eigenvalue weighted by Gasteiger charge is -2.13. The van der Waals surface area contributed by atoms with Crippen LogP contribution in [0, 0.1) is 5.92 Å². The van der Waals surface area contributed by atoms with Gasteiger partial charge >= 0.3 is 5.97 Å². The number of carbonyl (C=O) groups is 1. The molecule has 6 nitrogen and oxygen atoms in total. The van der Waals surface area contributed by atoms with Crippen molar-refractivity contribution in [2.24, 2.45) is 10.9 Å². The average Bonchev–Trinajstić information content (AvgIpc) is 2.59. The van der Waals surface area contributed by atoms with E-state index in [1.807, 2.05) is 19.1 Å². The first-order valence-corrected chi connectivity index (χ1v) is 8.32. The fourth-order valence-electron chi connectivity index (χ4n) is 2.02. The summed E-state index contributed by atoms with van der Waals surface area (Å²) in [7, 11) is 2.99. The maximum Gasteiger partial charge on any atom is 0.310 e. The number of esters is 1. The lowest BCUT2D eigenvalue weighted by Crippen LogP contribution is -2.38. The van der Waals surface area contributed by atoms with Crippen LogP contribution in [0.25, 0.3) is 0 Å². The van der Waals surface area contributed by atoms with E-state index in [4.69, 9.17) is 21.1 Å². The Kier molecular flexibility index (Phi) is 9.01. The van der Waals surface area contributed by atoms with Crippen LogP contribution in [0.5, 0.6) is 5.75 Å². The van der Waals surface area contributed by atoms with E-state index >= 15 is 0 Å². The highest BCUT2D eigenvalue weighted by molar-refractivity contribution is 6.31. The van der Waals surface area contributed by atoms with Gasteiger partial charge in [-0.15, -0.1) is 0 Å². The quantitative estimate of drug-likeness (QED) is 0.425. The van der Waals surface area contributed by atoms with Crippen LogP contribution in [0.1, 0.15) is 19.4 Å². The molecule has 0 aliphatic heterocycles. The Morgan fingerprint density at radius 1 is 1.33 bits per heavy atom. The highest BCUT2D eigenvalue weighted by Crippen LogP contribution is 2.22. The summed E-state index contributed by atoms with van der Waals surface area (Å²) in [5.41, 5.74) is 1.03. The summed E-state index contributed by atoms with van der Waals surface area (Å²) in [5.74, 6) is 0.863. The van der Waals surface area contributed by atoms with E-state index in [2.05, 4.69) is 15.6 Å². The predicted molar refractivity (Wildman–Crippen MR) is 96.9 cm³/mol. The first-order chi connectivity index (χ1) is 11.5. The third-order valence-corrected chi connectivity index (χ3v) is 3.77. The number of carbonyl (C=O) groups excluding carboxylic acids is 1. The Balaban J connectivity index is 2.55. The molecule has 0 aliphatic carbocycles. The van der Waals surface area contributed by atoms with Crippen LogP contribution in [-0.2, 0) is 16.0 Å². The molecule has 0 saturated carbocycles. The molecule has 1 rings (SSSR count). The van der Waals surface area contributed by atoms with Gasteiger partial charge in [0.05, 0.1) is 26.7 Å². The topological polar surface area (TPSA) is 72.0 Å². The highest BCUT2D eigenvalue weighted by atomic mass is 35.5. The average molecular weight is 356 g/mol. The number of hydrogen-bond donors (Lipinski definition) is 2. The third-order valence-electron chi connectivity index (χ3n) is 3.42. The smallest absolute Gasteiger partial charge is 0.310 e. The fourth-order valence-corrected chi connectivity index (χ4v) is 2.28. The molecule has 1 aromatic rings. The van der Waals surface area contributed by atoms with Crippen molar-refractivity contribution >= 4 is 23.5 Å². The van der Waals surface area contributed by atoms with Crippen LogP contribution in [0.3, 0.4) is 0 Å². The van der Waals surface area contributed by atoms with E-state index in [1.165, 1.54) is 7.11 Å². The molecule has 0 saturated heterocycles. The Labute approximate surface area is 148 Å². The monoisotopic (exact) mass is 355 g/mol. The number of rotatable bonds is 8. The molecule has 0 radical (unpaired) electrons. The van der Waals surface area contributed by atoms with Gasteiger partial charge < -0.3 is 20.1 Å². The minimum Gasteiger partial charge on any atom is -0.497 e. The summed E-state index contributed by atoms with van der Waals surface area (Å²) >= 11 is 6.23. The van der Waals surface area contributed by atoms with Gasteiger partial charge in [0.15, 0.2) is 5.96 Å². The number of nitrogens with zero attached hydrogens (tertiary/aromatic N) is 1. The van der Waals surface area contributed by atoms with Crippen molar-refractivity contribution in [2.75, 3.05) is 33.9 Å². The molecule has 0 fully saturated rings. The summed E-state index contributed by atoms with van der Waals surface area (Å²) in [6.45, 7) is 5.55. The summed E-state index contributed by atoms with van der Waals surface area (Å²) in [5, 5.41) is 7.06. The van der Waals surface area contributed by atoms with Gasteiger partial charge in [-0.2, -0.15) is 0 Å². The molecule has 1 aromatic carbocycles. The molecular weight excluding hydrogens is 330 g/mol. The largest absolute Gasteiger partial charge is 0.497 e. The molecule has 0 heterocycles. The van der Waals surface area contributed by atoms with E-state index in [0.717, 1.165) is 24.3 Å². The van der Waals surface area contributed by atoms with Gasteiger partial charge in [0.25, 0.3) is 0 Å². The van der Waals surface area contributed by atoms with Crippen LogP contribution in [-0.4, -0.2) is 45.8 Å². The van der Waals surface area contributed by atoms with E-state index in [1.54, 1.807) is 20.1 Å². The number of methoxy groups -OCH3 is 2. The zero-order valence-electron chi connectivity index (χ0n) is 14.7. The summed E-state index contributed by atoms with van der Waals surface area (Å²) < 4.78 is 9.84. The van der Waals surface area contributed by atoms with E-state index in [-0.39, 0.29) is 11.9 Å². The minimum absolute atomic E-state index is 0.264. The first-order valence-electron chi connectivity index (χ1n) is 7.94. The van der Waals surface area contributed by atoms with Gasteiger partial charge in [0.2, 0.25) is 0 Å². The Morgan fingerprint density at radius 3 is 2.67 bits per heavy atom. The molecular formula is C17H26ClN3O3. The van der Waals surface area contributed by atoms with Gasteiger partial charge in [-0.05, 0) is 31.0 Å². The summed E-state index contributed by atoms with van der Waals surface area (Å²) in [4.78, 5) is 15.8. The highest BCUT2D eigenvalue weighted by Gasteiger charge is 2.12. The van der Waals surface area contributed by atoms with Crippen molar-refractivity contribution < 1.29 is 14.3 Å². The summed E-state index contributed by atoms with van der Waals surface area (Å²) in [6.07, 6.45) is 0.750. The molecule has 0 bridgehead atoms. The molecule has 1 atom stereocenters. The second kappa shape index (κ2) is 10.8. The SMILES string of the molecule is CCNC(=NCC(C)C(=O)OC)NCCc1ccc(OC)cc1Cl. The Bertz CT molecular complexity index is 564. The van der Waals surface area contributed by atoms with Crippen LogP contribution >= 0.6 is 11.6 Å². The number of nitrogens with one attached hydrogen (secondary N) is 2. The first kappa shape index (κ1) is 20.1. The molecule has 1 unspecified atom stereocenters. The van der Waals surface area contributed by atoms with Gasteiger partial charge in [-0.25, -0.2) is 0 Å².